The van der Waals surface area contributed by atoms with Crippen LogP contribution in [0, 0.1) is 0 Å². The quantitative estimate of drug-likeness (QED) is 0.528. The number of hydrogen-bond donors (Lipinski definition) is 1. The van der Waals surface area contributed by atoms with Crippen LogP contribution >= 0.6 is 0 Å². The number of rotatable bonds is 3. The maximum Gasteiger partial charge on any atom is 0.430 e. The van der Waals surface area contributed by atoms with E-state index in [0.717, 1.165) is 5.06 Å². The lowest BCUT2D eigenvalue weighted by Gasteiger charge is -2.25. The zero-order valence-corrected chi connectivity index (χ0v) is 8.42. The lowest BCUT2D eigenvalue weighted by Crippen LogP contribution is -2.40. The number of amides is 1. The molecule has 0 atom stereocenters. The molecule has 0 spiro atoms. The molecule has 0 saturated carbocycles. The molecule has 0 aliphatic carbocycles. The van der Waals surface area contributed by atoms with Gasteiger partial charge in [-0.2, -0.15) is 5.06 Å². The van der Waals surface area contributed by atoms with Crippen LogP contribution in [0.15, 0.2) is 0 Å². The Kier molecular flexibility index (Phi) is 3.54. The van der Waals surface area contributed by atoms with Gasteiger partial charge in [0.1, 0.15) is 0 Å². The van der Waals surface area contributed by atoms with Gasteiger partial charge in [-0.3, -0.25) is 0 Å². The largest absolute Gasteiger partial charge is 0.463 e. The normalized spacial score (nSPS) is 11.3. The molecule has 0 bridgehead atoms. The molecule has 1 amide bonds. The Hall–Kier alpha value is -0.553. The Morgan fingerprint density at radius 1 is 1.55 bits per heavy atom. The van der Waals surface area contributed by atoms with Gasteiger partial charge in [-0.25, -0.2) is 4.79 Å². The van der Waals surface area contributed by atoms with Crippen LogP contribution in [0.5, 0.6) is 0 Å². The highest BCUT2D eigenvalue weighted by molar-refractivity contribution is 6.69. The van der Waals surface area contributed by atoms with Gasteiger partial charge in [0.15, 0.2) is 0 Å². The molecule has 0 heterocycles. The van der Waals surface area contributed by atoms with Crippen molar-refractivity contribution < 1.29 is 14.4 Å². The fourth-order valence-electron chi connectivity index (χ4n) is 0.569. The minimum absolute atomic E-state index is 0.375. The molecule has 0 unspecified atom stereocenters. The third-order valence-electron chi connectivity index (χ3n) is 0.885. The Labute approximate surface area is 67.9 Å². The second-order valence-corrected chi connectivity index (χ2v) is 7.59. The van der Waals surface area contributed by atoms with Crippen LogP contribution in [-0.4, -0.2) is 31.1 Å². The van der Waals surface area contributed by atoms with Gasteiger partial charge in [0.05, 0.1) is 0 Å². The van der Waals surface area contributed by atoms with Gasteiger partial charge in [0.25, 0.3) is 0 Å². The summed E-state index contributed by atoms with van der Waals surface area (Å²) in [5.41, 5.74) is 0. The highest BCUT2D eigenvalue weighted by Gasteiger charge is 2.22. The molecule has 0 rings (SSSR count). The van der Waals surface area contributed by atoms with Crippen molar-refractivity contribution in [3.8, 4) is 0 Å². The maximum atomic E-state index is 10.4. The average molecular weight is 177 g/mol. The first-order valence-electron chi connectivity index (χ1n) is 3.56. The van der Waals surface area contributed by atoms with Crippen molar-refractivity contribution in [2.75, 3.05) is 6.54 Å². The molecular formula is C6H15NO3Si. The van der Waals surface area contributed by atoms with Crippen LogP contribution in [0.25, 0.3) is 0 Å². The summed E-state index contributed by atoms with van der Waals surface area (Å²) in [6.45, 7) is 7.95. The summed E-state index contributed by atoms with van der Waals surface area (Å²) in [7, 11) is -1.76. The topological polar surface area (TPSA) is 49.8 Å². The highest BCUT2D eigenvalue weighted by Crippen LogP contribution is 2.06. The second-order valence-electron chi connectivity index (χ2n) is 3.18. The summed E-state index contributed by atoms with van der Waals surface area (Å²) in [5.74, 6) is 0. The number of hydroxylamine groups is 2. The molecule has 1 N–H and O–H groups in total. The van der Waals surface area contributed by atoms with Crippen molar-refractivity contribution in [2.24, 2.45) is 0 Å². The van der Waals surface area contributed by atoms with E-state index >= 15 is 0 Å². The SMILES string of the molecule is CCN(O[Si](C)(C)C)C(=O)O. The van der Waals surface area contributed by atoms with E-state index in [0.29, 0.717) is 6.54 Å². The van der Waals surface area contributed by atoms with Crippen LogP contribution in [0.3, 0.4) is 0 Å². The predicted molar refractivity (Wildman–Crippen MR) is 44.8 cm³/mol. The monoisotopic (exact) mass is 177 g/mol. The van der Waals surface area contributed by atoms with Gasteiger partial charge in [-0.15, -0.1) is 0 Å². The van der Waals surface area contributed by atoms with Gasteiger partial charge in [-0.1, -0.05) is 0 Å². The lowest BCUT2D eigenvalue weighted by molar-refractivity contribution is -0.0397. The zero-order chi connectivity index (χ0) is 9.07. The Morgan fingerprint density at radius 2 is 2.00 bits per heavy atom. The number of carbonyl (C=O) groups is 1. The molecule has 4 nitrogen and oxygen atoms in total. The summed E-state index contributed by atoms with van der Waals surface area (Å²) in [6.07, 6.45) is -1.02. The number of nitrogens with zero attached hydrogens (tertiary/aromatic N) is 1. The third kappa shape index (κ3) is 4.80. The minimum atomic E-state index is -1.76. The fourth-order valence-corrected chi connectivity index (χ4v) is 1.44. The van der Waals surface area contributed by atoms with Crippen molar-refractivity contribution >= 4 is 14.4 Å². The molecule has 0 radical (unpaired) electrons. The van der Waals surface area contributed by atoms with Gasteiger partial charge < -0.3 is 9.63 Å². The summed E-state index contributed by atoms with van der Waals surface area (Å²) in [4.78, 5) is 10.4. The van der Waals surface area contributed by atoms with Crippen LogP contribution in [0.4, 0.5) is 4.79 Å². The van der Waals surface area contributed by atoms with Crippen molar-refractivity contribution in [2.45, 2.75) is 26.6 Å². The summed E-state index contributed by atoms with van der Waals surface area (Å²) in [5, 5.41) is 9.54. The standard InChI is InChI=1S/C6H15NO3Si/c1-5-7(6(8)9)10-11(2,3)4/h5H2,1-4H3,(H,8,9). The van der Waals surface area contributed by atoms with E-state index in [1.54, 1.807) is 6.92 Å². The summed E-state index contributed by atoms with van der Waals surface area (Å²) < 4.78 is 5.22. The Balaban J connectivity index is 3.99. The van der Waals surface area contributed by atoms with Crippen molar-refractivity contribution in [1.82, 2.24) is 5.06 Å². The Bertz CT molecular complexity index is 143. The molecule has 5 heteroatoms. The van der Waals surface area contributed by atoms with Gasteiger partial charge in [0, 0.05) is 6.54 Å². The van der Waals surface area contributed by atoms with Crippen molar-refractivity contribution in [3.05, 3.63) is 0 Å². The molecular weight excluding hydrogens is 162 g/mol. The van der Waals surface area contributed by atoms with E-state index in [4.69, 9.17) is 9.63 Å². The summed E-state index contributed by atoms with van der Waals surface area (Å²) in [6, 6.07) is 0. The first kappa shape index (κ1) is 10.4. The molecule has 0 aliphatic rings. The zero-order valence-electron chi connectivity index (χ0n) is 7.42. The van der Waals surface area contributed by atoms with E-state index in [2.05, 4.69) is 0 Å². The van der Waals surface area contributed by atoms with Gasteiger partial charge in [0.2, 0.25) is 8.32 Å². The van der Waals surface area contributed by atoms with Crippen LogP contribution in [0.2, 0.25) is 19.6 Å². The molecule has 0 aromatic rings. The molecule has 0 aromatic heterocycles. The Morgan fingerprint density at radius 3 is 2.09 bits per heavy atom. The molecule has 0 aliphatic heterocycles. The van der Waals surface area contributed by atoms with Gasteiger partial charge in [-0.05, 0) is 26.6 Å². The van der Waals surface area contributed by atoms with E-state index in [1.807, 2.05) is 19.6 Å². The minimum Gasteiger partial charge on any atom is -0.463 e. The molecule has 0 saturated heterocycles. The van der Waals surface area contributed by atoms with Crippen molar-refractivity contribution in [1.29, 1.82) is 0 Å². The maximum absolute atomic E-state index is 10.4. The van der Waals surface area contributed by atoms with Gasteiger partial charge >= 0.3 is 6.09 Å². The third-order valence-corrected chi connectivity index (χ3v) is 1.65. The first-order valence-corrected chi connectivity index (χ1v) is 6.97. The first-order chi connectivity index (χ1) is 4.87. The van der Waals surface area contributed by atoms with E-state index in [9.17, 15) is 4.79 Å². The number of carboxylic acid groups (broad SMARTS) is 1. The lowest BCUT2D eigenvalue weighted by atomic mass is 10.7. The average Bonchev–Trinajstić information content (AvgIpc) is 1.80. The van der Waals surface area contributed by atoms with Crippen LogP contribution in [-0.2, 0) is 4.53 Å². The smallest absolute Gasteiger partial charge is 0.430 e. The molecule has 11 heavy (non-hydrogen) atoms. The number of hydrogen-bond acceptors (Lipinski definition) is 2. The van der Waals surface area contributed by atoms with E-state index in [-0.39, 0.29) is 0 Å². The summed E-state index contributed by atoms with van der Waals surface area (Å²) >= 11 is 0. The highest BCUT2D eigenvalue weighted by atomic mass is 28.4. The molecule has 0 aromatic carbocycles. The van der Waals surface area contributed by atoms with Crippen LogP contribution < -0.4 is 0 Å². The van der Waals surface area contributed by atoms with Crippen molar-refractivity contribution in [3.63, 3.8) is 0 Å². The predicted octanol–water partition coefficient (Wildman–Crippen LogP) is 1.75. The molecule has 66 valence electrons. The van der Waals surface area contributed by atoms with E-state index < -0.39 is 14.4 Å². The van der Waals surface area contributed by atoms with Crippen LogP contribution in [0.1, 0.15) is 6.92 Å². The molecule has 0 fully saturated rings. The fraction of sp³-hybridized carbons (Fsp3) is 0.833. The second kappa shape index (κ2) is 3.73. The van der Waals surface area contributed by atoms with E-state index in [1.165, 1.54) is 0 Å².